The molecule has 20 heavy (non-hydrogen) atoms. The summed E-state index contributed by atoms with van der Waals surface area (Å²) in [7, 11) is 0. The topological polar surface area (TPSA) is 54.5 Å². The molecule has 0 bridgehead atoms. The summed E-state index contributed by atoms with van der Waals surface area (Å²) in [5, 5.41) is 1.09. The van der Waals surface area contributed by atoms with Crippen molar-refractivity contribution in [1.29, 1.82) is 0 Å². The number of hydrogen-bond donors (Lipinski definition) is 1. The lowest BCUT2D eigenvalue weighted by Crippen LogP contribution is -1.95. The summed E-state index contributed by atoms with van der Waals surface area (Å²) >= 11 is 18.4. The molecule has 4 nitrogen and oxygen atoms in total. The van der Waals surface area contributed by atoms with Crippen LogP contribution in [0.3, 0.4) is 0 Å². The van der Waals surface area contributed by atoms with Crippen molar-refractivity contribution in [3.05, 3.63) is 52.0 Å². The summed E-state index contributed by atoms with van der Waals surface area (Å²) in [5.74, 6) is 0.849. The van der Waals surface area contributed by atoms with Gasteiger partial charge < -0.3 is 4.98 Å². The van der Waals surface area contributed by atoms with E-state index in [2.05, 4.69) is 19.9 Å². The Morgan fingerprint density at radius 2 is 1.75 bits per heavy atom. The van der Waals surface area contributed by atoms with Crippen molar-refractivity contribution in [3.8, 4) is 22.8 Å². The number of imidazole rings is 1. The van der Waals surface area contributed by atoms with Gasteiger partial charge in [0.15, 0.2) is 11.6 Å². The normalized spacial score (nSPS) is 10.8. The fourth-order valence-corrected chi connectivity index (χ4v) is 2.58. The zero-order valence-electron chi connectivity index (χ0n) is 9.94. The molecule has 0 unspecified atom stereocenters. The Labute approximate surface area is 129 Å². The van der Waals surface area contributed by atoms with Crippen LogP contribution in [0.2, 0.25) is 15.3 Å². The maximum atomic E-state index is 6.22. The number of benzene rings is 1. The molecule has 100 valence electrons. The fraction of sp³-hybridized carbons (Fsp3) is 0. The van der Waals surface area contributed by atoms with Crippen molar-refractivity contribution in [2.24, 2.45) is 0 Å². The molecule has 0 aliphatic rings. The zero-order valence-corrected chi connectivity index (χ0v) is 12.2. The Morgan fingerprint density at radius 3 is 2.35 bits per heavy atom. The minimum Gasteiger partial charge on any atom is -0.342 e. The third kappa shape index (κ3) is 2.50. The first kappa shape index (κ1) is 13.4. The quantitative estimate of drug-likeness (QED) is 0.706. The Balaban J connectivity index is 2.14. The van der Waals surface area contributed by atoms with Crippen LogP contribution in [0.15, 0.2) is 36.7 Å². The standard InChI is InChI=1S/C13H7Cl3N4/c14-8-3-1-2-7(6-8)9-10(15)19-13(20-11(9)16)12-17-4-5-18-12/h1-6H,(H,17,18). The molecular weight excluding hydrogens is 319 g/mol. The highest BCUT2D eigenvalue weighted by molar-refractivity contribution is 6.38. The van der Waals surface area contributed by atoms with E-state index in [1.165, 1.54) is 0 Å². The van der Waals surface area contributed by atoms with Gasteiger partial charge in [-0.3, -0.25) is 0 Å². The fourth-order valence-electron chi connectivity index (χ4n) is 1.78. The number of hydrogen-bond acceptors (Lipinski definition) is 3. The van der Waals surface area contributed by atoms with Crippen LogP contribution in [0, 0.1) is 0 Å². The van der Waals surface area contributed by atoms with Crippen molar-refractivity contribution in [3.63, 3.8) is 0 Å². The summed E-state index contributed by atoms with van der Waals surface area (Å²) in [4.78, 5) is 15.4. The van der Waals surface area contributed by atoms with Gasteiger partial charge in [0.25, 0.3) is 0 Å². The van der Waals surface area contributed by atoms with Crippen LogP contribution in [0.4, 0.5) is 0 Å². The minimum atomic E-state index is 0.249. The van der Waals surface area contributed by atoms with Crippen LogP contribution in [-0.4, -0.2) is 19.9 Å². The van der Waals surface area contributed by atoms with E-state index in [4.69, 9.17) is 34.8 Å². The van der Waals surface area contributed by atoms with Gasteiger partial charge in [-0.1, -0.05) is 46.9 Å². The van der Waals surface area contributed by atoms with Gasteiger partial charge in [-0.25, -0.2) is 15.0 Å². The Kier molecular flexibility index (Phi) is 3.61. The number of rotatable bonds is 2. The van der Waals surface area contributed by atoms with E-state index in [1.807, 2.05) is 12.1 Å². The number of H-pyrrole nitrogens is 1. The maximum absolute atomic E-state index is 6.22. The number of aromatic amines is 1. The second-order valence-corrected chi connectivity index (χ2v) is 5.10. The molecule has 0 aliphatic heterocycles. The van der Waals surface area contributed by atoms with Crippen LogP contribution in [0.25, 0.3) is 22.8 Å². The molecule has 1 aromatic carbocycles. The molecule has 0 amide bonds. The van der Waals surface area contributed by atoms with Gasteiger partial charge in [0.2, 0.25) is 0 Å². The molecule has 3 rings (SSSR count). The van der Waals surface area contributed by atoms with Crippen LogP contribution in [0.5, 0.6) is 0 Å². The summed E-state index contributed by atoms with van der Waals surface area (Å²) < 4.78 is 0. The van der Waals surface area contributed by atoms with Crippen molar-refractivity contribution in [2.75, 3.05) is 0 Å². The Bertz CT molecular complexity index is 733. The summed E-state index contributed by atoms with van der Waals surface area (Å²) in [5.41, 5.74) is 1.31. The average Bonchev–Trinajstić information content (AvgIpc) is 2.91. The van der Waals surface area contributed by atoms with Crippen LogP contribution in [0.1, 0.15) is 0 Å². The first-order valence-corrected chi connectivity index (χ1v) is 6.77. The molecule has 2 aromatic heterocycles. The smallest absolute Gasteiger partial charge is 0.198 e. The molecule has 1 N–H and O–H groups in total. The first-order chi connectivity index (χ1) is 9.65. The van der Waals surface area contributed by atoms with E-state index >= 15 is 0 Å². The largest absolute Gasteiger partial charge is 0.342 e. The SMILES string of the molecule is Clc1cccc(-c2c(Cl)nc(-c3ncc[nH]3)nc2Cl)c1. The van der Waals surface area contributed by atoms with Crippen molar-refractivity contribution in [2.45, 2.75) is 0 Å². The highest BCUT2D eigenvalue weighted by atomic mass is 35.5. The highest BCUT2D eigenvalue weighted by Crippen LogP contribution is 2.34. The molecule has 0 saturated heterocycles. The lowest BCUT2D eigenvalue weighted by atomic mass is 10.1. The van der Waals surface area contributed by atoms with Gasteiger partial charge in [0.05, 0.1) is 5.56 Å². The molecular formula is C13H7Cl3N4. The predicted molar refractivity (Wildman–Crippen MR) is 80.1 cm³/mol. The molecule has 0 radical (unpaired) electrons. The Morgan fingerprint density at radius 1 is 1.00 bits per heavy atom. The summed E-state index contributed by atoms with van der Waals surface area (Å²) in [6.45, 7) is 0. The highest BCUT2D eigenvalue weighted by Gasteiger charge is 2.15. The van der Waals surface area contributed by atoms with E-state index in [0.29, 0.717) is 22.2 Å². The second kappa shape index (κ2) is 5.40. The third-order valence-corrected chi connectivity index (χ3v) is 3.43. The van der Waals surface area contributed by atoms with Crippen molar-refractivity contribution >= 4 is 34.8 Å². The molecule has 0 spiro atoms. The predicted octanol–water partition coefficient (Wildman–Crippen LogP) is 4.49. The average molecular weight is 326 g/mol. The summed E-state index contributed by atoms with van der Waals surface area (Å²) in [6, 6.07) is 7.18. The molecule has 3 aromatic rings. The maximum Gasteiger partial charge on any atom is 0.198 e. The van der Waals surface area contributed by atoms with E-state index in [1.54, 1.807) is 24.5 Å². The second-order valence-electron chi connectivity index (χ2n) is 3.95. The lowest BCUT2D eigenvalue weighted by molar-refractivity contribution is 1.12. The minimum absolute atomic E-state index is 0.249. The molecule has 0 atom stereocenters. The van der Waals surface area contributed by atoms with E-state index in [0.717, 1.165) is 5.56 Å². The molecule has 0 saturated carbocycles. The monoisotopic (exact) mass is 324 g/mol. The third-order valence-electron chi connectivity index (χ3n) is 2.64. The molecule has 0 fully saturated rings. The van der Waals surface area contributed by atoms with E-state index < -0.39 is 0 Å². The van der Waals surface area contributed by atoms with E-state index in [9.17, 15) is 0 Å². The van der Waals surface area contributed by atoms with Gasteiger partial charge in [0, 0.05) is 17.4 Å². The van der Waals surface area contributed by atoms with Crippen LogP contribution >= 0.6 is 34.8 Å². The molecule has 0 aliphatic carbocycles. The van der Waals surface area contributed by atoms with Gasteiger partial charge >= 0.3 is 0 Å². The number of aromatic nitrogens is 4. The summed E-state index contributed by atoms with van der Waals surface area (Å²) in [6.07, 6.45) is 3.27. The van der Waals surface area contributed by atoms with Gasteiger partial charge in [0.1, 0.15) is 10.3 Å². The van der Waals surface area contributed by atoms with Crippen LogP contribution in [-0.2, 0) is 0 Å². The lowest BCUT2D eigenvalue weighted by Gasteiger charge is -2.07. The van der Waals surface area contributed by atoms with Gasteiger partial charge in [-0.15, -0.1) is 0 Å². The number of nitrogens with zero attached hydrogens (tertiary/aromatic N) is 3. The first-order valence-electron chi connectivity index (χ1n) is 5.64. The van der Waals surface area contributed by atoms with Gasteiger partial charge in [-0.2, -0.15) is 0 Å². The number of nitrogens with one attached hydrogen (secondary N) is 1. The number of halogens is 3. The molecule has 7 heteroatoms. The van der Waals surface area contributed by atoms with Crippen molar-refractivity contribution < 1.29 is 0 Å². The Hall–Kier alpha value is -1.62. The van der Waals surface area contributed by atoms with E-state index in [-0.39, 0.29) is 10.3 Å². The van der Waals surface area contributed by atoms with Gasteiger partial charge in [-0.05, 0) is 17.7 Å². The zero-order chi connectivity index (χ0) is 14.1. The van der Waals surface area contributed by atoms with Crippen LogP contribution < -0.4 is 0 Å². The van der Waals surface area contributed by atoms with Crippen molar-refractivity contribution in [1.82, 2.24) is 19.9 Å². The molecule has 2 heterocycles.